The summed E-state index contributed by atoms with van der Waals surface area (Å²) < 4.78 is 11.0. The second-order valence-corrected chi connectivity index (χ2v) is 7.38. The van der Waals surface area contributed by atoms with Crippen LogP contribution in [-0.4, -0.2) is 59.3 Å². The van der Waals surface area contributed by atoms with Crippen LogP contribution < -0.4 is 0 Å². The van der Waals surface area contributed by atoms with E-state index in [0.717, 1.165) is 24.3 Å². The molecule has 2 aliphatic heterocycles. The molecule has 1 fully saturated rings. The first-order valence-electron chi connectivity index (χ1n) is 8.57. The summed E-state index contributed by atoms with van der Waals surface area (Å²) in [5.74, 6) is 0. The molecule has 3 rings (SSSR count). The van der Waals surface area contributed by atoms with Crippen molar-refractivity contribution in [1.82, 2.24) is 14.8 Å². The van der Waals surface area contributed by atoms with Crippen molar-refractivity contribution in [1.29, 1.82) is 5.26 Å². The highest BCUT2D eigenvalue weighted by Gasteiger charge is 2.35. The number of hydrogen-bond donors (Lipinski definition) is 0. The Kier molecular flexibility index (Phi) is 4.93. The Morgan fingerprint density at radius 3 is 2.72 bits per heavy atom. The normalized spacial score (nSPS) is 21.4. The lowest BCUT2D eigenvalue weighted by atomic mass is 9.99. The van der Waals surface area contributed by atoms with Gasteiger partial charge < -0.3 is 14.4 Å². The number of pyridine rings is 1. The Morgan fingerprint density at radius 2 is 2.08 bits per heavy atom. The number of amides is 1. The Hall–Kier alpha value is -2.17. The Balaban J connectivity index is 1.89. The molecule has 134 valence electrons. The fourth-order valence-corrected chi connectivity index (χ4v) is 3.20. The molecule has 25 heavy (non-hydrogen) atoms. The first-order chi connectivity index (χ1) is 11.9. The molecule has 1 aromatic heterocycles. The first kappa shape index (κ1) is 17.6. The quantitative estimate of drug-likeness (QED) is 0.776. The monoisotopic (exact) mass is 344 g/mol. The third kappa shape index (κ3) is 4.09. The van der Waals surface area contributed by atoms with Crippen molar-refractivity contribution in [3.63, 3.8) is 0 Å². The SMILES string of the molecule is CC(C)(C)OC(=O)N1Cc2ccc(C#N)nc2C(N2CCOCC2)C1. The van der Waals surface area contributed by atoms with E-state index in [4.69, 9.17) is 9.47 Å². The molecule has 0 saturated carbocycles. The first-order valence-corrected chi connectivity index (χ1v) is 8.57. The summed E-state index contributed by atoms with van der Waals surface area (Å²) in [7, 11) is 0. The fraction of sp³-hybridized carbons (Fsp3) is 0.611. The molecule has 1 atom stereocenters. The molecule has 0 radical (unpaired) electrons. The summed E-state index contributed by atoms with van der Waals surface area (Å²) in [6, 6.07) is 5.65. The average Bonchev–Trinajstić information content (AvgIpc) is 2.59. The van der Waals surface area contributed by atoms with Crippen molar-refractivity contribution in [3.8, 4) is 6.07 Å². The minimum absolute atomic E-state index is 0.0477. The number of ether oxygens (including phenoxy) is 2. The van der Waals surface area contributed by atoms with Gasteiger partial charge in [-0.15, -0.1) is 0 Å². The molecule has 1 unspecified atom stereocenters. The highest BCUT2D eigenvalue weighted by atomic mass is 16.6. The van der Waals surface area contributed by atoms with E-state index in [1.54, 1.807) is 11.0 Å². The molecule has 7 heteroatoms. The van der Waals surface area contributed by atoms with Crippen LogP contribution in [0.15, 0.2) is 12.1 Å². The zero-order valence-electron chi connectivity index (χ0n) is 15.0. The molecule has 0 aromatic carbocycles. The molecule has 1 aromatic rings. The molecule has 2 aliphatic rings. The van der Waals surface area contributed by atoms with Gasteiger partial charge in [-0.25, -0.2) is 9.78 Å². The fourth-order valence-electron chi connectivity index (χ4n) is 3.20. The van der Waals surface area contributed by atoms with Crippen LogP contribution in [0.3, 0.4) is 0 Å². The van der Waals surface area contributed by atoms with Gasteiger partial charge in [0.2, 0.25) is 0 Å². The largest absolute Gasteiger partial charge is 0.444 e. The number of aromatic nitrogens is 1. The number of carbonyl (C=O) groups is 1. The van der Waals surface area contributed by atoms with Crippen LogP contribution in [-0.2, 0) is 16.0 Å². The maximum absolute atomic E-state index is 12.6. The van der Waals surface area contributed by atoms with Crippen LogP contribution in [0.2, 0.25) is 0 Å². The van der Waals surface area contributed by atoms with Crippen LogP contribution in [0.5, 0.6) is 0 Å². The summed E-state index contributed by atoms with van der Waals surface area (Å²) in [4.78, 5) is 21.1. The van der Waals surface area contributed by atoms with E-state index in [1.807, 2.05) is 26.8 Å². The van der Waals surface area contributed by atoms with Crippen molar-refractivity contribution in [2.24, 2.45) is 0 Å². The van der Waals surface area contributed by atoms with Crippen LogP contribution in [0, 0.1) is 11.3 Å². The summed E-state index contributed by atoms with van der Waals surface area (Å²) in [5, 5.41) is 9.17. The van der Waals surface area contributed by atoms with Crippen LogP contribution in [0.25, 0.3) is 0 Å². The summed E-state index contributed by atoms with van der Waals surface area (Å²) in [6.07, 6.45) is -0.319. The van der Waals surface area contributed by atoms with Gasteiger partial charge in [0.1, 0.15) is 17.4 Å². The molecule has 0 N–H and O–H groups in total. The molecule has 7 nitrogen and oxygen atoms in total. The number of carbonyl (C=O) groups excluding carboxylic acids is 1. The molecular formula is C18H24N4O3. The highest BCUT2D eigenvalue weighted by molar-refractivity contribution is 5.68. The maximum Gasteiger partial charge on any atom is 0.410 e. The van der Waals surface area contributed by atoms with Gasteiger partial charge in [-0.2, -0.15) is 5.26 Å². The van der Waals surface area contributed by atoms with Gasteiger partial charge >= 0.3 is 6.09 Å². The Labute approximate surface area is 148 Å². The number of morpholine rings is 1. The number of hydrogen-bond acceptors (Lipinski definition) is 6. The number of rotatable bonds is 1. The van der Waals surface area contributed by atoms with Crippen molar-refractivity contribution in [3.05, 3.63) is 29.1 Å². The van der Waals surface area contributed by atoms with Gasteiger partial charge in [0.15, 0.2) is 0 Å². The van der Waals surface area contributed by atoms with Gasteiger partial charge in [0.25, 0.3) is 0 Å². The lowest BCUT2D eigenvalue weighted by molar-refractivity contribution is -0.0102. The van der Waals surface area contributed by atoms with E-state index in [0.29, 0.717) is 32.0 Å². The molecule has 1 amide bonds. The topological polar surface area (TPSA) is 78.7 Å². The zero-order chi connectivity index (χ0) is 18.0. The van der Waals surface area contributed by atoms with Crippen molar-refractivity contribution in [2.75, 3.05) is 32.8 Å². The summed E-state index contributed by atoms with van der Waals surface area (Å²) in [6.45, 7) is 9.43. The average molecular weight is 344 g/mol. The molecule has 0 bridgehead atoms. The minimum Gasteiger partial charge on any atom is -0.444 e. The van der Waals surface area contributed by atoms with E-state index in [2.05, 4.69) is 16.0 Å². The molecule has 0 spiro atoms. The standard InChI is InChI=1S/C18H24N4O3/c1-18(2,3)25-17(23)22-11-13-4-5-14(10-19)20-16(13)15(12-22)21-6-8-24-9-7-21/h4-5,15H,6-9,11-12H2,1-3H3. The third-order valence-corrected chi connectivity index (χ3v) is 4.34. The summed E-state index contributed by atoms with van der Waals surface area (Å²) in [5.41, 5.74) is 1.73. The van der Waals surface area contributed by atoms with Crippen molar-refractivity contribution >= 4 is 6.09 Å². The van der Waals surface area contributed by atoms with Gasteiger partial charge in [-0.05, 0) is 32.4 Å². The second-order valence-electron chi connectivity index (χ2n) is 7.38. The molecule has 1 saturated heterocycles. The molecular weight excluding hydrogens is 320 g/mol. The summed E-state index contributed by atoms with van der Waals surface area (Å²) >= 11 is 0. The minimum atomic E-state index is -0.533. The van der Waals surface area contributed by atoms with Crippen LogP contribution >= 0.6 is 0 Å². The Morgan fingerprint density at radius 1 is 1.36 bits per heavy atom. The van der Waals surface area contributed by atoms with Crippen molar-refractivity contribution in [2.45, 2.75) is 39.0 Å². The smallest absolute Gasteiger partial charge is 0.410 e. The maximum atomic E-state index is 12.6. The van der Waals surface area contributed by atoms with Crippen LogP contribution in [0.1, 0.15) is 43.8 Å². The lowest BCUT2D eigenvalue weighted by Crippen LogP contribution is -2.49. The van der Waals surface area contributed by atoms with E-state index < -0.39 is 5.60 Å². The highest BCUT2D eigenvalue weighted by Crippen LogP contribution is 2.31. The number of fused-ring (bicyclic) bond motifs is 1. The van der Waals surface area contributed by atoms with E-state index >= 15 is 0 Å². The number of nitriles is 1. The van der Waals surface area contributed by atoms with E-state index in [1.165, 1.54) is 0 Å². The predicted molar refractivity (Wildman–Crippen MR) is 90.7 cm³/mol. The van der Waals surface area contributed by atoms with Gasteiger partial charge in [-0.3, -0.25) is 4.90 Å². The predicted octanol–water partition coefficient (Wildman–Crippen LogP) is 2.08. The molecule has 3 heterocycles. The zero-order valence-corrected chi connectivity index (χ0v) is 15.0. The molecule has 0 aliphatic carbocycles. The second kappa shape index (κ2) is 6.98. The van der Waals surface area contributed by atoms with E-state index in [-0.39, 0.29) is 12.1 Å². The van der Waals surface area contributed by atoms with Crippen molar-refractivity contribution < 1.29 is 14.3 Å². The number of nitrogens with zero attached hydrogens (tertiary/aromatic N) is 4. The van der Waals surface area contributed by atoms with E-state index in [9.17, 15) is 10.1 Å². The lowest BCUT2D eigenvalue weighted by Gasteiger charge is -2.41. The third-order valence-electron chi connectivity index (χ3n) is 4.34. The van der Waals surface area contributed by atoms with Gasteiger partial charge in [0.05, 0.1) is 31.5 Å². The Bertz CT molecular complexity index is 687. The van der Waals surface area contributed by atoms with Gasteiger partial charge in [0, 0.05) is 19.6 Å². The van der Waals surface area contributed by atoms with Gasteiger partial charge in [-0.1, -0.05) is 6.07 Å². The van der Waals surface area contributed by atoms with Crippen LogP contribution in [0.4, 0.5) is 4.79 Å².